The van der Waals surface area contributed by atoms with Gasteiger partial charge >= 0.3 is 0 Å². The van der Waals surface area contributed by atoms with Crippen molar-refractivity contribution in [3.05, 3.63) is 75.0 Å². The third-order valence-corrected chi connectivity index (χ3v) is 5.81. The molecule has 2 aromatic carbocycles. The lowest BCUT2D eigenvalue weighted by Crippen LogP contribution is -2.41. The summed E-state index contributed by atoms with van der Waals surface area (Å²) in [5.74, 6) is 0.0240. The molecule has 1 fully saturated rings. The topological polar surface area (TPSA) is 106 Å². The second kappa shape index (κ2) is 8.77. The fourth-order valence-electron chi connectivity index (χ4n) is 3.72. The standard InChI is InChI=1S/C22H20ClN3O5/c23-17-6-5-16(11-18(17)26(29)30)21(27)24-13-14-7-9-25(10-8-14)22(28)20-12-15-3-1-2-4-19(15)31-20/h1-6,11-12,14H,7-10,13H2,(H,24,27). The van der Waals surface area contributed by atoms with Gasteiger partial charge in [-0.2, -0.15) is 0 Å². The lowest BCUT2D eigenvalue weighted by Gasteiger charge is -2.31. The summed E-state index contributed by atoms with van der Waals surface area (Å²) in [6.07, 6.45) is 1.49. The number of carbonyl (C=O) groups excluding carboxylic acids is 2. The first-order valence-corrected chi connectivity index (χ1v) is 10.3. The molecule has 9 heteroatoms. The number of amides is 2. The van der Waals surface area contributed by atoms with E-state index in [1.54, 1.807) is 11.0 Å². The molecule has 8 nitrogen and oxygen atoms in total. The Bertz CT molecular complexity index is 1120. The highest BCUT2D eigenvalue weighted by Crippen LogP contribution is 2.26. The molecular weight excluding hydrogens is 422 g/mol. The minimum Gasteiger partial charge on any atom is -0.451 e. The van der Waals surface area contributed by atoms with Gasteiger partial charge in [-0.05, 0) is 43.0 Å². The Morgan fingerprint density at radius 3 is 2.61 bits per heavy atom. The molecule has 3 aromatic rings. The summed E-state index contributed by atoms with van der Waals surface area (Å²) < 4.78 is 5.67. The van der Waals surface area contributed by atoms with Crippen molar-refractivity contribution < 1.29 is 18.9 Å². The fraction of sp³-hybridized carbons (Fsp3) is 0.273. The van der Waals surface area contributed by atoms with Crippen LogP contribution < -0.4 is 5.32 Å². The molecule has 1 aliphatic heterocycles. The van der Waals surface area contributed by atoms with Crippen molar-refractivity contribution >= 4 is 40.1 Å². The van der Waals surface area contributed by atoms with Gasteiger partial charge < -0.3 is 14.6 Å². The molecule has 0 aliphatic carbocycles. The molecule has 0 spiro atoms. The highest BCUT2D eigenvalue weighted by Gasteiger charge is 2.26. The second-order valence-electron chi connectivity index (χ2n) is 7.52. The van der Waals surface area contributed by atoms with Crippen molar-refractivity contribution in [1.29, 1.82) is 0 Å². The molecule has 0 atom stereocenters. The van der Waals surface area contributed by atoms with Gasteiger partial charge in [0.2, 0.25) is 0 Å². The lowest BCUT2D eigenvalue weighted by molar-refractivity contribution is -0.384. The van der Waals surface area contributed by atoms with Crippen LogP contribution in [0.1, 0.15) is 33.8 Å². The van der Waals surface area contributed by atoms with Crippen molar-refractivity contribution in [1.82, 2.24) is 10.2 Å². The molecule has 1 saturated heterocycles. The number of fused-ring (bicyclic) bond motifs is 1. The number of para-hydroxylation sites is 1. The van der Waals surface area contributed by atoms with E-state index in [1.165, 1.54) is 18.2 Å². The van der Waals surface area contributed by atoms with Crippen molar-refractivity contribution in [3.8, 4) is 0 Å². The minimum absolute atomic E-state index is 0.0111. The summed E-state index contributed by atoms with van der Waals surface area (Å²) in [6, 6.07) is 13.2. The smallest absolute Gasteiger partial charge is 0.289 e. The van der Waals surface area contributed by atoms with Gasteiger partial charge in [0.25, 0.3) is 17.5 Å². The number of carbonyl (C=O) groups is 2. The molecule has 2 heterocycles. The van der Waals surface area contributed by atoms with E-state index in [0.717, 1.165) is 18.2 Å². The van der Waals surface area contributed by atoms with Crippen molar-refractivity contribution in [2.24, 2.45) is 5.92 Å². The van der Waals surface area contributed by atoms with Gasteiger partial charge in [0.15, 0.2) is 5.76 Å². The third kappa shape index (κ3) is 4.54. The number of hydrogen-bond donors (Lipinski definition) is 1. The van der Waals surface area contributed by atoms with Crippen LogP contribution >= 0.6 is 11.6 Å². The van der Waals surface area contributed by atoms with Gasteiger partial charge in [-0.25, -0.2) is 0 Å². The van der Waals surface area contributed by atoms with E-state index >= 15 is 0 Å². The number of piperidine rings is 1. The van der Waals surface area contributed by atoms with Crippen molar-refractivity contribution in [2.75, 3.05) is 19.6 Å². The maximum atomic E-state index is 12.7. The molecule has 0 radical (unpaired) electrons. The Morgan fingerprint density at radius 2 is 1.90 bits per heavy atom. The summed E-state index contributed by atoms with van der Waals surface area (Å²) in [5, 5.41) is 14.7. The van der Waals surface area contributed by atoms with E-state index in [-0.39, 0.29) is 34.0 Å². The maximum absolute atomic E-state index is 12.7. The number of likely N-dealkylation sites (tertiary alicyclic amines) is 1. The first kappa shape index (κ1) is 20.9. The Morgan fingerprint density at radius 1 is 1.16 bits per heavy atom. The molecule has 2 amide bonds. The molecule has 1 aliphatic rings. The predicted octanol–water partition coefficient (Wildman–Crippen LogP) is 4.28. The van der Waals surface area contributed by atoms with Gasteiger partial charge in [0.05, 0.1) is 4.92 Å². The van der Waals surface area contributed by atoms with Crippen LogP contribution in [-0.4, -0.2) is 41.3 Å². The molecule has 4 rings (SSSR count). The maximum Gasteiger partial charge on any atom is 0.289 e. The average Bonchev–Trinajstić information content (AvgIpc) is 3.22. The van der Waals surface area contributed by atoms with Crippen LogP contribution in [0.5, 0.6) is 0 Å². The molecule has 1 aromatic heterocycles. The average molecular weight is 442 g/mol. The van der Waals surface area contributed by atoms with E-state index in [9.17, 15) is 19.7 Å². The van der Waals surface area contributed by atoms with Gasteiger partial charge in [-0.15, -0.1) is 0 Å². The molecule has 31 heavy (non-hydrogen) atoms. The van der Waals surface area contributed by atoms with Gasteiger partial charge in [0, 0.05) is 36.7 Å². The summed E-state index contributed by atoms with van der Waals surface area (Å²) in [4.78, 5) is 37.2. The minimum atomic E-state index is -0.617. The molecule has 160 valence electrons. The summed E-state index contributed by atoms with van der Waals surface area (Å²) in [5.41, 5.74) is 0.575. The quantitative estimate of drug-likeness (QED) is 0.470. The monoisotopic (exact) mass is 441 g/mol. The Labute approximate surface area is 182 Å². The largest absolute Gasteiger partial charge is 0.451 e. The number of halogens is 1. The first-order valence-electron chi connectivity index (χ1n) is 9.92. The zero-order chi connectivity index (χ0) is 22.0. The van der Waals surface area contributed by atoms with Crippen molar-refractivity contribution in [3.63, 3.8) is 0 Å². The SMILES string of the molecule is O=C(NCC1CCN(C(=O)c2cc3ccccc3o2)CC1)c1ccc(Cl)c([N+](=O)[O-])c1. The summed E-state index contributed by atoms with van der Waals surface area (Å²) in [7, 11) is 0. The van der Waals surface area contributed by atoms with Crippen LogP contribution in [-0.2, 0) is 0 Å². The van der Waals surface area contributed by atoms with Crippen LogP contribution in [0, 0.1) is 16.0 Å². The van der Waals surface area contributed by atoms with Crippen LogP contribution in [0.15, 0.2) is 52.9 Å². The van der Waals surface area contributed by atoms with E-state index in [4.69, 9.17) is 16.0 Å². The first-order chi connectivity index (χ1) is 14.9. The predicted molar refractivity (Wildman–Crippen MR) is 115 cm³/mol. The van der Waals surface area contributed by atoms with Gasteiger partial charge in [-0.1, -0.05) is 29.8 Å². The van der Waals surface area contributed by atoms with Crippen LogP contribution in [0.25, 0.3) is 11.0 Å². The number of nitro benzene ring substituents is 1. The highest BCUT2D eigenvalue weighted by molar-refractivity contribution is 6.32. The number of rotatable bonds is 5. The van der Waals surface area contributed by atoms with E-state index in [1.807, 2.05) is 24.3 Å². The normalized spacial score (nSPS) is 14.5. The zero-order valence-corrected chi connectivity index (χ0v) is 17.3. The Hall–Kier alpha value is -3.39. The lowest BCUT2D eigenvalue weighted by atomic mass is 9.96. The molecule has 0 unspecified atom stereocenters. The van der Waals surface area contributed by atoms with Crippen LogP contribution in [0.2, 0.25) is 5.02 Å². The number of furan rings is 1. The summed E-state index contributed by atoms with van der Waals surface area (Å²) in [6.45, 7) is 1.58. The van der Waals surface area contributed by atoms with Crippen molar-refractivity contribution in [2.45, 2.75) is 12.8 Å². The number of benzene rings is 2. The van der Waals surface area contributed by atoms with Crippen LogP contribution in [0.3, 0.4) is 0 Å². The third-order valence-electron chi connectivity index (χ3n) is 5.49. The van der Waals surface area contributed by atoms with Gasteiger partial charge in [0.1, 0.15) is 10.6 Å². The van der Waals surface area contributed by atoms with Crippen LogP contribution in [0.4, 0.5) is 5.69 Å². The number of nitrogens with one attached hydrogen (secondary N) is 1. The van der Waals surface area contributed by atoms with E-state index < -0.39 is 4.92 Å². The fourth-order valence-corrected chi connectivity index (χ4v) is 3.90. The highest BCUT2D eigenvalue weighted by atomic mass is 35.5. The Balaban J connectivity index is 1.30. The van der Waals surface area contributed by atoms with Gasteiger partial charge in [-0.3, -0.25) is 19.7 Å². The molecule has 0 saturated carbocycles. The van der Waals surface area contributed by atoms with E-state index in [2.05, 4.69) is 5.32 Å². The molecule has 1 N–H and O–H groups in total. The number of nitro groups is 1. The number of hydrogen-bond acceptors (Lipinski definition) is 5. The molecule has 0 bridgehead atoms. The summed E-state index contributed by atoms with van der Waals surface area (Å²) >= 11 is 5.79. The van der Waals surface area contributed by atoms with E-state index in [0.29, 0.717) is 31.0 Å². The second-order valence-corrected chi connectivity index (χ2v) is 7.92. The number of nitrogens with zero attached hydrogens (tertiary/aromatic N) is 2. The zero-order valence-electron chi connectivity index (χ0n) is 16.5. The molecular formula is C22H20ClN3O5. The Kier molecular flexibility index (Phi) is 5.90.